The van der Waals surface area contributed by atoms with Crippen molar-refractivity contribution in [3.05, 3.63) is 30.1 Å². The minimum absolute atomic E-state index is 0.00785. The van der Waals surface area contributed by atoms with Gasteiger partial charge in [-0.15, -0.1) is 0 Å². The van der Waals surface area contributed by atoms with Crippen LogP contribution in [0.15, 0.2) is 28.8 Å². The van der Waals surface area contributed by atoms with Crippen LogP contribution in [-0.4, -0.2) is 35.0 Å². The second-order valence-electron chi connectivity index (χ2n) is 5.13. The molecule has 2 aromatic rings. The Morgan fingerprint density at radius 1 is 1.38 bits per heavy atom. The van der Waals surface area contributed by atoms with Crippen molar-refractivity contribution in [2.45, 2.75) is 26.3 Å². The van der Waals surface area contributed by atoms with Gasteiger partial charge >= 0.3 is 0 Å². The number of rotatable bonds is 6. The van der Waals surface area contributed by atoms with Crippen LogP contribution >= 0.6 is 0 Å². The molecule has 6 nitrogen and oxygen atoms in total. The summed E-state index contributed by atoms with van der Waals surface area (Å²) in [5, 5.41) is 6.79. The van der Waals surface area contributed by atoms with Crippen molar-refractivity contribution in [3.8, 4) is 11.5 Å². The van der Waals surface area contributed by atoms with E-state index in [2.05, 4.69) is 15.5 Å². The number of aromatic nitrogens is 2. The van der Waals surface area contributed by atoms with E-state index in [-0.39, 0.29) is 5.91 Å². The summed E-state index contributed by atoms with van der Waals surface area (Å²) >= 11 is 0. The van der Waals surface area contributed by atoms with Crippen molar-refractivity contribution in [2.24, 2.45) is 0 Å². The number of anilines is 1. The lowest BCUT2D eigenvalue weighted by atomic mass is 10.2. The summed E-state index contributed by atoms with van der Waals surface area (Å²) in [6.45, 7) is 2.59. The number of hydrogen-bond donors (Lipinski definition) is 1. The average molecular weight is 288 g/mol. The van der Waals surface area contributed by atoms with Gasteiger partial charge in [-0.25, -0.2) is 0 Å². The molecule has 6 heteroatoms. The first-order valence-corrected chi connectivity index (χ1v) is 6.96. The van der Waals surface area contributed by atoms with Crippen molar-refractivity contribution in [1.29, 1.82) is 0 Å². The van der Waals surface area contributed by atoms with Gasteiger partial charge in [0.15, 0.2) is 5.82 Å². The molecule has 1 aromatic carbocycles. The first-order valence-electron chi connectivity index (χ1n) is 6.96. The predicted octanol–water partition coefficient (Wildman–Crippen LogP) is 2.54. The molecular weight excluding hydrogens is 268 g/mol. The summed E-state index contributed by atoms with van der Waals surface area (Å²) < 4.78 is 5.26. The second kappa shape index (κ2) is 6.99. The van der Waals surface area contributed by atoms with Crippen molar-refractivity contribution in [1.82, 2.24) is 15.0 Å². The molecule has 0 aliphatic heterocycles. The monoisotopic (exact) mass is 288 g/mol. The van der Waals surface area contributed by atoms with Gasteiger partial charge in [-0.2, -0.15) is 4.98 Å². The molecule has 0 spiro atoms. The number of benzene rings is 1. The molecule has 0 saturated carbocycles. The van der Waals surface area contributed by atoms with E-state index in [9.17, 15) is 4.79 Å². The lowest BCUT2D eigenvalue weighted by Gasteiger charge is -2.05. The van der Waals surface area contributed by atoms with Crippen LogP contribution in [0.1, 0.15) is 25.6 Å². The molecule has 1 amide bonds. The quantitative estimate of drug-likeness (QED) is 0.884. The molecule has 0 radical (unpaired) electrons. The number of carbonyl (C=O) groups is 1. The number of carbonyl (C=O) groups excluding carboxylic acids is 1. The van der Waals surface area contributed by atoms with Gasteiger partial charge in [0, 0.05) is 17.7 Å². The molecule has 0 atom stereocenters. The number of nitrogens with one attached hydrogen (secondary N) is 1. The van der Waals surface area contributed by atoms with Crippen LogP contribution in [0.3, 0.4) is 0 Å². The normalized spacial score (nSPS) is 10.9. The Morgan fingerprint density at radius 3 is 2.90 bits per heavy atom. The number of hydrogen-bond acceptors (Lipinski definition) is 5. The molecule has 112 valence electrons. The van der Waals surface area contributed by atoms with E-state index in [1.54, 1.807) is 0 Å². The lowest BCUT2D eigenvalue weighted by Crippen LogP contribution is -2.11. The highest BCUT2D eigenvalue weighted by Crippen LogP contribution is 2.21. The van der Waals surface area contributed by atoms with Crippen LogP contribution in [0.5, 0.6) is 0 Å². The Bertz CT molecular complexity index is 607. The number of nitrogens with zero attached hydrogens (tertiary/aromatic N) is 3. The highest BCUT2D eigenvalue weighted by Gasteiger charge is 2.10. The summed E-state index contributed by atoms with van der Waals surface area (Å²) in [6, 6.07) is 7.41. The van der Waals surface area contributed by atoms with Gasteiger partial charge in [-0.1, -0.05) is 18.1 Å². The van der Waals surface area contributed by atoms with Crippen molar-refractivity contribution < 1.29 is 9.32 Å². The predicted molar refractivity (Wildman–Crippen MR) is 80.7 cm³/mol. The van der Waals surface area contributed by atoms with Gasteiger partial charge in [0.1, 0.15) is 0 Å². The van der Waals surface area contributed by atoms with E-state index in [0.29, 0.717) is 24.7 Å². The maximum Gasteiger partial charge on any atom is 0.258 e. The molecule has 1 heterocycles. The molecule has 0 fully saturated rings. The molecule has 2 rings (SSSR count). The molecule has 0 bridgehead atoms. The Kier molecular flexibility index (Phi) is 5.05. The van der Waals surface area contributed by atoms with E-state index in [4.69, 9.17) is 4.52 Å². The van der Waals surface area contributed by atoms with E-state index < -0.39 is 0 Å². The van der Waals surface area contributed by atoms with Crippen LogP contribution in [0.2, 0.25) is 0 Å². The summed E-state index contributed by atoms with van der Waals surface area (Å²) in [4.78, 5) is 17.9. The topological polar surface area (TPSA) is 71.3 Å². The largest absolute Gasteiger partial charge is 0.334 e. The van der Waals surface area contributed by atoms with E-state index in [0.717, 1.165) is 17.7 Å². The standard InChI is InChI=1S/C15H20N4O2/c1-4-6-14(20)16-12-8-5-7-11(9-12)15-17-13(18-21-15)10-19(2)3/h5,7-9H,4,6,10H2,1-3H3,(H,16,20). The fourth-order valence-electron chi connectivity index (χ4n) is 1.90. The molecule has 21 heavy (non-hydrogen) atoms. The number of amides is 1. The molecular formula is C15H20N4O2. The molecule has 0 aliphatic rings. The smallest absolute Gasteiger partial charge is 0.258 e. The van der Waals surface area contributed by atoms with Gasteiger partial charge in [0.25, 0.3) is 5.89 Å². The Hall–Kier alpha value is -2.21. The molecule has 1 N–H and O–H groups in total. The molecule has 1 aromatic heterocycles. The van der Waals surface area contributed by atoms with Crippen LogP contribution in [0.4, 0.5) is 5.69 Å². The van der Waals surface area contributed by atoms with Gasteiger partial charge in [-0.3, -0.25) is 4.79 Å². The van der Waals surface area contributed by atoms with E-state index >= 15 is 0 Å². The van der Waals surface area contributed by atoms with Gasteiger partial charge in [-0.05, 0) is 38.7 Å². The van der Waals surface area contributed by atoms with Crippen LogP contribution in [0, 0.1) is 0 Å². The zero-order valence-corrected chi connectivity index (χ0v) is 12.6. The fraction of sp³-hybridized carbons (Fsp3) is 0.400. The lowest BCUT2D eigenvalue weighted by molar-refractivity contribution is -0.116. The van der Waals surface area contributed by atoms with Crippen molar-refractivity contribution >= 4 is 11.6 Å². The van der Waals surface area contributed by atoms with Crippen LogP contribution in [-0.2, 0) is 11.3 Å². The average Bonchev–Trinajstić information content (AvgIpc) is 2.87. The summed E-state index contributed by atoms with van der Waals surface area (Å²) in [7, 11) is 3.89. The third-order valence-electron chi connectivity index (χ3n) is 2.80. The third kappa shape index (κ3) is 4.39. The maximum atomic E-state index is 11.6. The molecule has 0 saturated heterocycles. The maximum absolute atomic E-state index is 11.6. The van der Waals surface area contributed by atoms with Crippen LogP contribution < -0.4 is 5.32 Å². The highest BCUT2D eigenvalue weighted by molar-refractivity contribution is 5.91. The summed E-state index contributed by atoms with van der Waals surface area (Å²) in [6.07, 6.45) is 1.33. The Labute approximate surface area is 124 Å². The SMILES string of the molecule is CCCC(=O)Nc1cccc(-c2nc(CN(C)C)no2)c1. The Balaban J connectivity index is 2.13. The van der Waals surface area contributed by atoms with Gasteiger partial charge < -0.3 is 14.7 Å². The Morgan fingerprint density at radius 2 is 2.19 bits per heavy atom. The van der Waals surface area contributed by atoms with Crippen molar-refractivity contribution in [3.63, 3.8) is 0 Å². The van der Waals surface area contributed by atoms with E-state index in [1.165, 1.54) is 0 Å². The minimum atomic E-state index is 0.00785. The van der Waals surface area contributed by atoms with Crippen LogP contribution in [0.25, 0.3) is 11.5 Å². The molecule has 0 aliphatic carbocycles. The fourth-order valence-corrected chi connectivity index (χ4v) is 1.90. The highest BCUT2D eigenvalue weighted by atomic mass is 16.5. The zero-order chi connectivity index (χ0) is 15.2. The zero-order valence-electron chi connectivity index (χ0n) is 12.6. The van der Waals surface area contributed by atoms with Gasteiger partial charge in [0.05, 0.1) is 6.54 Å². The second-order valence-corrected chi connectivity index (χ2v) is 5.13. The summed E-state index contributed by atoms with van der Waals surface area (Å²) in [5.74, 6) is 1.10. The third-order valence-corrected chi connectivity index (χ3v) is 2.80. The van der Waals surface area contributed by atoms with E-state index in [1.807, 2.05) is 50.2 Å². The first-order chi connectivity index (χ1) is 10.1. The van der Waals surface area contributed by atoms with Crippen molar-refractivity contribution in [2.75, 3.05) is 19.4 Å². The molecule has 0 unspecified atom stereocenters. The first kappa shape index (κ1) is 15.2. The van der Waals surface area contributed by atoms with Gasteiger partial charge in [0.2, 0.25) is 5.91 Å². The summed E-state index contributed by atoms with van der Waals surface area (Å²) in [5.41, 5.74) is 1.53. The minimum Gasteiger partial charge on any atom is -0.334 e.